The van der Waals surface area contributed by atoms with Gasteiger partial charge in [0.15, 0.2) is 0 Å². The summed E-state index contributed by atoms with van der Waals surface area (Å²) in [4.78, 5) is 1.24. The highest BCUT2D eigenvalue weighted by atomic mass is 32.1. The Balaban J connectivity index is 1.86. The molecule has 0 aliphatic carbocycles. The van der Waals surface area contributed by atoms with E-state index in [1.165, 1.54) is 21.6 Å². The highest BCUT2D eigenvalue weighted by Gasteiger charge is 2.12. The number of benzene rings is 3. The van der Waals surface area contributed by atoms with Crippen LogP contribution in [0.2, 0.25) is 0 Å². The van der Waals surface area contributed by atoms with E-state index in [2.05, 4.69) is 70.9 Å². The SMILES string of the molecule is [C-](=[N+]=Cc1c(-c2ccccc2)cccc1-c1cccs1)c1ccccc1. The zero-order valence-corrected chi connectivity index (χ0v) is 15.0. The van der Waals surface area contributed by atoms with Crippen LogP contribution in [0.25, 0.3) is 21.6 Å². The Kier molecular flexibility index (Phi) is 4.88. The Hall–Kier alpha value is -3.19. The minimum atomic E-state index is 0.971. The fraction of sp³-hybridized carbons (Fsp3) is 0. The summed E-state index contributed by atoms with van der Waals surface area (Å²) in [6.45, 7) is 0. The standard InChI is InChI=1S/C24H17NS/c1-3-9-19(10-4-1)17-25-18-23-21(20-11-5-2-6-12-20)13-7-14-22(23)24-15-8-16-26-24/h1-16,18H. The number of rotatable bonds is 4. The van der Waals surface area contributed by atoms with Crippen LogP contribution < -0.4 is 4.67 Å². The minimum absolute atomic E-state index is 0.971. The average Bonchev–Trinajstić information content (AvgIpc) is 3.24. The zero-order chi connectivity index (χ0) is 17.6. The van der Waals surface area contributed by atoms with E-state index in [1.807, 2.05) is 42.6 Å². The molecule has 0 unspecified atom stereocenters. The van der Waals surface area contributed by atoms with Gasteiger partial charge in [0.25, 0.3) is 6.21 Å². The predicted octanol–water partition coefficient (Wildman–Crippen LogP) is 5.56. The van der Waals surface area contributed by atoms with Crippen LogP contribution in [0.15, 0.2) is 96.4 Å². The molecule has 0 fully saturated rings. The van der Waals surface area contributed by atoms with Crippen molar-refractivity contribution in [1.29, 1.82) is 0 Å². The monoisotopic (exact) mass is 351 g/mol. The third-order valence-electron chi connectivity index (χ3n) is 4.14. The van der Waals surface area contributed by atoms with E-state index in [4.69, 9.17) is 0 Å². The van der Waals surface area contributed by atoms with Crippen molar-refractivity contribution >= 4 is 23.8 Å². The van der Waals surface area contributed by atoms with Gasteiger partial charge in [0, 0.05) is 10.4 Å². The molecule has 3 aromatic carbocycles. The molecule has 1 aromatic heterocycles. The van der Waals surface area contributed by atoms with Gasteiger partial charge in [-0.1, -0.05) is 66.2 Å². The molecule has 0 saturated carbocycles. The van der Waals surface area contributed by atoms with Gasteiger partial charge < -0.3 is 0 Å². The molecule has 0 aliphatic heterocycles. The highest BCUT2D eigenvalue weighted by molar-refractivity contribution is 7.13. The summed E-state index contributed by atoms with van der Waals surface area (Å²) in [6.07, 6.45) is 5.04. The van der Waals surface area contributed by atoms with E-state index in [1.54, 1.807) is 11.3 Å². The lowest BCUT2D eigenvalue weighted by molar-refractivity contribution is 1.57. The lowest BCUT2D eigenvalue weighted by atomic mass is 9.95. The van der Waals surface area contributed by atoms with Crippen molar-refractivity contribution in [3.05, 3.63) is 108 Å². The zero-order valence-electron chi connectivity index (χ0n) is 14.2. The first-order chi connectivity index (χ1) is 12.9. The summed E-state index contributed by atoms with van der Waals surface area (Å²) in [5, 5.41) is 2.10. The van der Waals surface area contributed by atoms with Crippen LogP contribution in [0.5, 0.6) is 0 Å². The normalized spacial score (nSPS) is 10.2. The van der Waals surface area contributed by atoms with Gasteiger partial charge in [-0.15, -0.1) is 35.6 Å². The molecule has 1 nitrogen and oxygen atoms in total. The van der Waals surface area contributed by atoms with Crippen molar-refractivity contribution in [2.75, 3.05) is 0 Å². The summed E-state index contributed by atoms with van der Waals surface area (Å²) in [6, 6.07) is 31.1. The Morgan fingerprint density at radius 1 is 0.692 bits per heavy atom. The van der Waals surface area contributed by atoms with Crippen molar-refractivity contribution in [3.8, 4) is 21.6 Å². The van der Waals surface area contributed by atoms with E-state index < -0.39 is 0 Å². The number of nitrogens with zero attached hydrogens (tertiary/aromatic N) is 1. The third-order valence-corrected chi connectivity index (χ3v) is 5.04. The topological polar surface area (TPSA) is 14.1 Å². The molecule has 0 aliphatic rings. The number of thiophene rings is 1. The third kappa shape index (κ3) is 3.57. The fourth-order valence-electron chi connectivity index (χ4n) is 2.90. The van der Waals surface area contributed by atoms with Crippen LogP contribution >= 0.6 is 11.3 Å². The Labute approximate surface area is 157 Å². The molecule has 2 heteroatoms. The maximum atomic E-state index is 4.50. The van der Waals surface area contributed by atoms with Crippen LogP contribution in [0, 0.1) is 0 Å². The quantitative estimate of drug-likeness (QED) is 0.259. The van der Waals surface area contributed by atoms with Gasteiger partial charge >= 0.3 is 0 Å². The maximum absolute atomic E-state index is 4.50. The molecule has 4 aromatic rings. The van der Waals surface area contributed by atoms with E-state index >= 15 is 0 Å². The summed E-state index contributed by atoms with van der Waals surface area (Å²) < 4.78 is 4.50. The predicted molar refractivity (Wildman–Crippen MR) is 113 cm³/mol. The van der Waals surface area contributed by atoms with Gasteiger partial charge in [-0.05, 0) is 28.1 Å². The van der Waals surface area contributed by atoms with Gasteiger partial charge in [0.05, 0.1) is 0 Å². The molecule has 124 valence electrons. The van der Waals surface area contributed by atoms with Crippen LogP contribution in [0.4, 0.5) is 0 Å². The molecule has 0 saturated heterocycles. The summed E-state index contributed by atoms with van der Waals surface area (Å²) in [5.74, 6) is 0. The van der Waals surface area contributed by atoms with E-state index in [-0.39, 0.29) is 0 Å². The van der Waals surface area contributed by atoms with Gasteiger partial charge in [0.2, 0.25) is 6.21 Å². The molecular formula is C24H17NS. The number of hydrogen-bond acceptors (Lipinski definition) is 1. The van der Waals surface area contributed by atoms with Crippen LogP contribution in [0.1, 0.15) is 11.1 Å². The Morgan fingerprint density at radius 2 is 1.42 bits per heavy atom. The van der Waals surface area contributed by atoms with Crippen LogP contribution in [-0.4, -0.2) is 12.4 Å². The highest BCUT2D eigenvalue weighted by Crippen LogP contribution is 2.33. The summed E-state index contributed by atoms with van der Waals surface area (Å²) in [7, 11) is 0. The molecule has 0 spiro atoms. The molecule has 0 N–H and O–H groups in total. The Morgan fingerprint density at radius 3 is 2.15 bits per heavy atom. The average molecular weight is 351 g/mol. The van der Waals surface area contributed by atoms with Crippen LogP contribution in [-0.2, 0) is 0 Å². The number of hydrogen-bond donors (Lipinski definition) is 0. The first-order valence-corrected chi connectivity index (χ1v) is 9.36. The van der Waals surface area contributed by atoms with E-state index in [9.17, 15) is 0 Å². The van der Waals surface area contributed by atoms with Crippen molar-refractivity contribution in [3.63, 3.8) is 0 Å². The summed E-state index contributed by atoms with van der Waals surface area (Å²) in [5.41, 5.74) is 5.64. The van der Waals surface area contributed by atoms with Crippen molar-refractivity contribution in [2.24, 2.45) is 0 Å². The maximum Gasteiger partial charge on any atom is 0.290 e. The lowest BCUT2D eigenvalue weighted by Crippen LogP contribution is -1.95. The molecule has 0 amide bonds. The first kappa shape index (κ1) is 16.3. The largest absolute Gasteiger partial charge is 0.290 e. The second-order valence-corrected chi connectivity index (χ2v) is 6.79. The fourth-order valence-corrected chi connectivity index (χ4v) is 3.67. The molecular weight excluding hydrogens is 334 g/mol. The second-order valence-electron chi connectivity index (χ2n) is 5.85. The van der Waals surface area contributed by atoms with Crippen molar-refractivity contribution in [1.82, 2.24) is 4.67 Å². The lowest BCUT2D eigenvalue weighted by Gasteiger charge is -2.09. The van der Waals surface area contributed by atoms with Crippen LogP contribution in [0.3, 0.4) is 0 Å². The van der Waals surface area contributed by atoms with Gasteiger partial charge in [0.1, 0.15) is 0 Å². The molecule has 26 heavy (non-hydrogen) atoms. The van der Waals surface area contributed by atoms with Gasteiger partial charge in [-0.2, -0.15) is 4.67 Å². The first-order valence-electron chi connectivity index (χ1n) is 8.48. The van der Waals surface area contributed by atoms with E-state index in [0.29, 0.717) is 0 Å². The molecule has 0 radical (unpaired) electrons. The van der Waals surface area contributed by atoms with Crippen molar-refractivity contribution in [2.45, 2.75) is 0 Å². The molecule has 0 bridgehead atoms. The molecule has 0 atom stereocenters. The summed E-state index contributed by atoms with van der Waals surface area (Å²) >= 11 is 1.74. The minimum Gasteiger partial charge on any atom is -0.187 e. The van der Waals surface area contributed by atoms with Crippen molar-refractivity contribution < 1.29 is 0 Å². The van der Waals surface area contributed by atoms with Gasteiger partial charge in [-0.3, -0.25) is 0 Å². The molecule has 1 heterocycles. The smallest absolute Gasteiger partial charge is 0.187 e. The molecule has 4 rings (SSSR count). The van der Waals surface area contributed by atoms with Gasteiger partial charge in [-0.25, -0.2) is 0 Å². The Bertz CT molecular complexity index is 1040. The second kappa shape index (κ2) is 7.79. The van der Waals surface area contributed by atoms with E-state index in [0.717, 1.165) is 11.1 Å².